The molecule has 1 aromatic rings. The molecule has 0 saturated carbocycles. The number of fused-ring (bicyclic) bond motifs is 1. The summed E-state index contributed by atoms with van der Waals surface area (Å²) in [5.41, 5.74) is 0.812. The van der Waals surface area contributed by atoms with Gasteiger partial charge in [0.15, 0.2) is 10.9 Å². The monoisotopic (exact) mass is 312 g/mol. The van der Waals surface area contributed by atoms with Crippen molar-refractivity contribution in [3.63, 3.8) is 0 Å². The Morgan fingerprint density at radius 3 is 2.90 bits per heavy atom. The fourth-order valence-electron chi connectivity index (χ4n) is 2.26. The molecule has 0 fully saturated rings. The molecule has 0 unspecified atom stereocenters. The van der Waals surface area contributed by atoms with Gasteiger partial charge in [-0.15, -0.1) is 0 Å². The fraction of sp³-hybridized carbons (Fsp3) is 0.643. The molecule has 6 heteroatoms. The molecule has 1 N–H and O–H groups in total. The summed E-state index contributed by atoms with van der Waals surface area (Å²) < 4.78 is 0. The number of amides is 1. The van der Waals surface area contributed by atoms with Crippen molar-refractivity contribution in [2.24, 2.45) is 5.41 Å². The minimum absolute atomic E-state index is 0.0243. The number of carbonyl (C=O) groups excluding carboxylic acids is 2. The van der Waals surface area contributed by atoms with Gasteiger partial charge in [-0.2, -0.15) is 11.8 Å². The molecule has 0 bridgehead atoms. The van der Waals surface area contributed by atoms with E-state index in [0.717, 1.165) is 28.5 Å². The van der Waals surface area contributed by atoms with E-state index in [1.54, 1.807) is 11.8 Å². The van der Waals surface area contributed by atoms with Crippen LogP contribution in [0.3, 0.4) is 0 Å². The van der Waals surface area contributed by atoms with E-state index in [2.05, 4.69) is 31.1 Å². The van der Waals surface area contributed by atoms with Crippen molar-refractivity contribution in [2.45, 2.75) is 40.0 Å². The van der Waals surface area contributed by atoms with Crippen LogP contribution in [-0.4, -0.2) is 28.2 Å². The van der Waals surface area contributed by atoms with E-state index in [-0.39, 0.29) is 17.1 Å². The van der Waals surface area contributed by atoms with Gasteiger partial charge in [0.25, 0.3) is 0 Å². The molecule has 0 atom stereocenters. The number of thiazole rings is 1. The molecule has 1 heterocycles. The highest BCUT2D eigenvalue weighted by atomic mass is 32.2. The van der Waals surface area contributed by atoms with Crippen molar-refractivity contribution in [3.8, 4) is 0 Å². The van der Waals surface area contributed by atoms with Gasteiger partial charge >= 0.3 is 0 Å². The topological polar surface area (TPSA) is 59.1 Å². The number of Topliss-reactive ketones (excluding diaryl/α,β-unsaturated/α-hetero) is 1. The van der Waals surface area contributed by atoms with Crippen LogP contribution >= 0.6 is 23.1 Å². The number of hydrogen-bond acceptors (Lipinski definition) is 5. The van der Waals surface area contributed by atoms with Crippen molar-refractivity contribution in [3.05, 3.63) is 10.6 Å². The third-order valence-corrected chi connectivity index (χ3v) is 5.11. The molecule has 1 aliphatic rings. The lowest BCUT2D eigenvalue weighted by molar-refractivity contribution is -0.115. The first-order valence-corrected chi connectivity index (χ1v) is 8.79. The van der Waals surface area contributed by atoms with E-state index >= 15 is 0 Å². The lowest BCUT2D eigenvalue weighted by Gasteiger charge is -2.26. The average Bonchev–Trinajstić information content (AvgIpc) is 2.70. The zero-order valence-corrected chi connectivity index (χ0v) is 13.7. The predicted molar refractivity (Wildman–Crippen MR) is 84.8 cm³/mol. The zero-order chi connectivity index (χ0) is 14.8. The van der Waals surface area contributed by atoms with Gasteiger partial charge < -0.3 is 5.32 Å². The summed E-state index contributed by atoms with van der Waals surface area (Å²) in [6.45, 7) is 6.23. The lowest BCUT2D eigenvalue weighted by atomic mass is 9.78. The maximum atomic E-state index is 12.1. The lowest BCUT2D eigenvalue weighted by Crippen LogP contribution is -2.26. The summed E-state index contributed by atoms with van der Waals surface area (Å²) >= 11 is 3.05. The Morgan fingerprint density at radius 1 is 1.45 bits per heavy atom. The van der Waals surface area contributed by atoms with Crippen LogP contribution in [0.1, 0.15) is 49.0 Å². The van der Waals surface area contributed by atoms with Crippen LogP contribution < -0.4 is 5.32 Å². The van der Waals surface area contributed by atoms with Gasteiger partial charge in [0, 0.05) is 18.6 Å². The Morgan fingerprint density at radius 2 is 2.20 bits per heavy atom. The quantitative estimate of drug-likeness (QED) is 0.847. The number of nitrogens with zero attached hydrogens (tertiary/aromatic N) is 1. The van der Waals surface area contributed by atoms with Crippen LogP contribution in [0.4, 0.5) is 5.13 Å². The number of aromatic nitrogens is 1. The summed E-state index contributed by atoms with van der Waals surface area (Å²) in [6, 6.07) is 0. The summed E-state index contributed by atoms with van der Waals surface area (Å²) in [5.74, 6) is 1.96. The first kappa shape index (κ1) is 15.5. The molecule has 20 heavy (non-hydrogen) atoms. The minimum atomic E-state index is -0.0306. The second-order valence-corrected chi connectivity index (χ2v) is 8.12. The Balaban J connectivity index is 2.02. The van der Waals surface area contributed by atoms with Gasteiger partial charge in [-0.1, -0.05) is 32.1 Å². The molecule has 110 valence electrons. The summed E-state index contributed by atoms with van der Waals surface area (Å²) in [4.78, 5) is 29.0. The molecule has 2 rings (SSSR count). The third-order valence-electron chi connectivity index (χ3n) is 3.16. The minimum Gasteiger partial charge on any atom is -0.302 e. The van der Waals surface area contributed by atoms with Crippen LogP contribution in [0.15, 0.2) is 0 Å². The maximum absolute atomic E-state index is 12.1. The SMILES string of the molecule is CCSCCC(=O)Nc1nc2c(s1)C(=O)CC(C)(C)C2. The van der Waals surface area contributed by atoms with Crippen LogP contribution in [0.25, 0.3) is 0 Å². The number of carbonyl (C=O) groups is 2. The van der Waals surface area contributed by atoms with Crippen molar-refractivity contribution in [1.82, 2.24) is 4.98 Å². The molecule has 1 aliphatic carbocycles. The highest BCUT2D eigenvalue weighted by molar-refractivity contribution is 7.99. The van der Waals surface area contributed by atoms with E-state index in [1.165, 1.54) is 11.3 Å². The Bertz CT molecular complexity index is 523. The first-order chi connectivity index (χ1) is 9.41. The van der Waals surface area contributed by atoms with Crippen molar-refractivity contribution < 1.29 is 9.59 Å². The first-order valence-electron chi connectivity index (χ1n) is 6.82. The van der Waals surface area contributed by atoms with Crippen molar-refractivity contribution in [2.75, 3.05) is 16.8 Å². The second kappa shape index (κ2) is 6.26. The fourth-order valence-corrected chi connectivity index (χ4v) is 3.82. The van der Waals surface area contributed by atoms with Crippen LogP contribution in [0, 0.1) is 5.41 Å². The van der Waals surface area contributed by atoms with E-state index in [0.29, 0.717) is 18.0 Å². The number of ketones is 1. The molecule has 0 aromatic carbocycles. The molecule has 0 saturated heterocycles. The number of rotatable bonds is 5. The summed E-state index contributed by atoms with van der Waals surface area (Å²) in [6.07, 6.45) is 1.84. The van der Waals surface area contributed by atoms with Gasteiger partial charge in [-0.25, -0.2) is 4.98 Å². The summed E-state index contributed by atoms with van der Waals surface area (Å²) in [5, 5.41) is 3.37. The Kier molecular flexibility index (Phi) is 4.86. The smallest absolute Gasteiger partial charge is 0.226 e. The number of anilines is 1. The van der Waals surface area contributed by atoms with Gasteiger partial charge in [0.1, 0.15) is 0 Å². The molecule has 1 aromatic heterocycles. The second-order valence-electron chi connectivity index (χ2n) is 5.73. The van der Waals surface area contributed by atoms with E-state index in [9.17, 15) is 9.59 Å². The molecular weight excluding hydrogens is 292 g/mol. The number of thioether (sulfide) groups is 1. The number of nitrogens with one attached hydrogen (secondary N) is 1. The molecule has 0 spiro atoms. The highest BCUT2D eigenvalue weighted by Gasteiger charge is 2.34. The Hall–Kier alpha value is -0.880. The number of hydrogen-bond donors (Lipinski definition) is 1. The Labute approximate surface area is 127 Å². The summed E-state index contributed by atoms with van der Waals surface area (Å²) in [7, 11) is 0. The molecule has 4 nitrogen and oxygen atoms in total. The van der Waals surface area contributed by atoms with Gasteiger partial charge in [-0.3, -0.25) is 9.59 Å². The van der Waals surface area contributed by atoms with E-state index in [1.807, 2.05) is 0 Å². The molecule has 1 amide bonds. The zero-order valence-electron chi connectivity index (χ0n) is 12.1. The predicted octanol–water partition coefficient (Wildman–Crippen LogP) is 3.38. The average molecular weight is 312 g/mol. The maximum Gasteiger partial charge on any atom is 0.226 e. The van der Waals surface area contributed by atoms with Gasteiger partial charge in [0.2, 0.25) is 5.91 Å². The van der Waals surface area contributed by atoms with Crippen LogP contribution in [0.2, 0.25) is 0 Å². The van der Waals surface area contributed by atoms with Gasteiger partial charge in [0.05, 0.1) is 10.6 Å². The molecule has 0 radical (unpaired) electrons. The molecular formula is C14H20N2O2S2. The third kappa shape index (κ3) is 3.82. The van der Waals surface area contributed by atoms with Crippen LogP contribution in [-0.2, 0) is 11.2 Å². The largest absolute Gasteiger partial charge is 0.302 e. The van der Waals surface area contributed by atoms with E-state index < -0.39 is 0 Å². The molecule has 0 aliphatic heterocycles. The van der Waals surface area contributed by atoms with Gasteiger partial charge in [-0.05, 0) is 17.6 Å². The normalized spacial score (nSPS) is 16.9. The van der Waals surface area contributed by atoms with Crippen molar-refractivity contribution in [1.29, 1.82) is 0 Å². The highest BCUT2D eigenvalue weighted by Crippen LogP contribution is 2.38. The standard InChI is InChI=1S/C14H20N2O2S2/c1-4-19-6-5-11(18)16-13-15-9-7-14(2,3)8-10(17)12(9)20-13/h4-8H2,1-3H3,(H,15,16,18). The van der Waals surface area contributed by atoms with Crippen LogP contribution in [0.5, 0.6) is 0 Å². The van der Waals surface area contributed by atoms with Crippen molar-refractivity contribution >= 4 is 39.9 Å². The van der Waals surface area contributed by atoms with E-state index in [4.69, 9.17) is 0 Å².